The molecule has 2 N–H and O–H groups in total. The Labute approximate surface area is 51.2 Å². The number of aliphatic carboxylic acids is 1. The molecule has 0 saturated heterocycles. The molecule has 0 aromatic heterocycles. The van der Waals surface area contributed by atoms with E-state index in [0.717, 1.165) is 6.92 Å². The fraction of sp³-hybridized carbons (Fsp3) is 0.500. The van der Waals surface area contributed by atoms with Crippen LogP contribution in [0.1, 0.15) is 6.92 Å². The van der Waals surface area contributed by atoms with Gasteiger partial charge in [0.05, 0.1) is 0 Å². The van der Waals surface area contributed by atoms with E-state index in [2.05, 4.69) is 5.11 Å². The van der Waals surface area contributed by atoms with E-state index < -0.39 is 17.8 Å². The maximum atomic E-state index is 10.2. The maximum Gasteiger partial charge on any atom is 0.338 e. The minimum Gasteiger partial charge on any atom is -0.479 e. The Balaban J connectivity index is 4.16. The number of hydrogen-bond donors (Lipinski definition) is 2. The minimum atomic E-state index is -1.51. The Bertz CT molecular complexity index is 140. The van der Waals surface area contributed by atoms with Crippen molar-refractivity contribution in [3.8, 4) is 0 Å². The highest BCUT2D eigenvalue weighted by atomic mass is 16.4. The lowest BCUT2D eigenvalue weighted by Crippen LogP contribution is -2.24. The molecule has 0 bridgehead atoms. The Morgan fingerprint density at radius 1 is 1.67 bits per heavy atom. The first kappa shape index (κ1) is 7.74. The Morgan fingerprint density at radius 3 is 2.11 bits per heavy atom. The molecule has 0 saturated carbocycles. The molecule has 0 fully saturated rings. The number of nitrogens with zero attached hydrogens (tertiary/aromatic N) is 1. The molecule has 0 heterocycles. The fourth-order valence-corrected chi connectivity index (χ4v) is 0.320. The molecule has 0 amide bonds. The summed E-state index contributed by atoms with van der Waals surface area (Å²) in [6.07, 6.45) is 0. The summed E-state index contributed by atoms with van der Waals surface area (Å²) in [5, 5.41) is 10.7. The van der Waals surface area contributed by atoms with Crippen LogP contribution in [0.5, 0.6) is 0 Å². The molecule has 0 radical (unpaired) electrons. The third-order valence-electron chi connectivity index (χ3n) is 0.748. The van der Waals surface area contributed by atoms with Crippen molar-refractivity contribution < 1.29 is 14.7 Å². The maximum absolute atomic E-state index is 10.2. The van der Waals surface area contributed by atoms with Gasteiger partial charge in [-0.15, -0.1) is 0 Å². The van der Waals surface area contributed by atoms with Crippen LogP contribution in [0.3, 0.4) is 0 Å². The molecule has 0 aromatic rings. The van der Waals surface area contributed by atoms with E-state index in [-0.39, 0.29) is 0 Å². The van der Waals surface area contributed by atoms with Crippen LogP contribution in [0.25, 0.3) is 0 Å². The van der Waals surface area contributed by atoms with Crippen molar-refractivity contribution in [1.29, 1.82) is 5.53 Å². The second-order valence-corrected chi connectivity index (χ2v) is 1.48. The van der Waals surface area contributed by atoms with Gasteiger partial charge >= 0.3 is 5.97 Å². The highest BCUT2D eigenvalue weighted by molar-refractivity contribution is 6.01. The van der Waals surface area contributed by atoms with Crippen LogP contribution in [0.15, 0.2) is 5.11 Å². The molecule has 9 heavy (non-hydrogen) atoms. The fourth-order valence-electron chi connectivity index (χ4n) is 0.320. The average Bonchev–Trinajstić information content (AvgIpc) is 1.64. The summed E-state index contributed by atoms with van der Waals surface area (Å²) in [6.45, 7) is 1.08. The molecular weight excluding hydrogens is 124 g/mol. The van der Waals surface area contributed by atoms with Crippen molar-refractivity contribution in [3.05, 3.63) is 0 Å². The highest BCUT2D eigenvalue weighted by Crippen LogP contribution is 1.90. The van der Waals surface area contributed by atoms with Gasteiger partial charge in [-0.1, -0.05) is 0 Å². The smallest absolute Gasteiger partial charge is 0.338 e. The van der Waals surface area contributed by atoms with E-state index in [4.69, 9.17) is 10.6 Å². The van der Waals surface area contributed by atoms with Crippen molar-refractivity contribution in [2.45, 2.75) is 13.0 Å². The molecule has 50 valence electrons. The molecule has 1 atom stereocenters. The van der Waals surface area contributed by atoms with Crippen LogP contribution < -0.4 is 0 Å². The lowest BCUT2D eigenvalue weighted by Gasteiger charge is -1.96. The Kier molecular flexibility index (Phi) is 2.50. The summed E-state index contributed by atoms with van der Waals surface area (Å²) in [5.41, 5.74) is 6.24. The number of nitrogens with one attached hydrogen (secondary N) is 1. The number of carboxylic acids is 1. The van der Waals surface area contributed by atoms with E-state index in [9.17, 15) is 9.59 Å². The summed E-state index contributed by atoms with van der Waals surface area (Å²) < 4.78 is 0. The molecule has 0 aromatic carbocycles. The lowest BCUT2D eigenvalue weighted by atomic mass is 10.2. The molecule has 5 heteroatoms. The van der Waals surface area contributed by atoms with E-state index in [1.165, 1.54) is 0 Å². The van der Waals surface area contributed by atoms with Crippen LogP contribution in [-0.2, 0) is 9.59 Å². The summed E-state index contributed by atoms with van der Waals surface area (Å²) in [6, 6.07) is -1.51. The van der Waals surface area contributed by atoms with Crippen LogP contribution in [-0.4, -0.2) is 22.9 Å². The van der Waals surface area contributed by atoms with Gasteiger partial charge in [0.25, 0.3) is 0 Å². The predicted octanol–water partition coefficient (Wildman–Crippen LogP) is 0.0596. The number of carbonyl (C=O) groups is 2. The molecule has 5 nitrogen and oxygen atoms in total. The van der Waals surface area contributed by atoms with Crippen molar-refractivity contribution in [2.75, 3.05) is 0 Å². The van der Waals surface area contributed by atoms with E-state index in [1.807, 2.05) is 0 Å². The zero-order chi connectivity index (χ0) is 7.44. The number of Topliss-reactive ketones (excluding diaryl/α,β-unsaturated/α-hetero) is 1. The first-order valence-corrected chi connectivity index (χ1v) is 2.19. The molecular formula is C4H6N2O3. The van der Waals surface area contributed by atoms with Gasteiger partial charge in [-0.25, -0.2) is 10.3 Å². The van der Waals surface area contributed by atoms with Gasteiger partial charge < -0.3 is 5.11 Å². The SMILES string of the molecule is CC(=O)C(N=N)C(=O)O. The molecule has 0 aliphatic carbocycles. The summed E-state index contributed by atoms with van der Waals surface area (Å²) >= 11 is 0. The monoisotopic (exact) mass is 130 g/mol. The largest absolute Gasteiger partial charge is 0.479 e. The molecule has 0 spiro atoms. The summed E-state index contributed by atoms with van der Waals surface area (Å²) in [4.78, 5) is 20.2. The molecule has 0 aliphatic heterocycles. The molecule has 0 aliphatic rings. The van der Waals surface area contributed by atoms with Crippen LogP contribution >= 0.6 is 0 Å². The quantitative estimate of drug-likeness (QED) is 0.418. The van der Waals surface area contributed by atoms with Gasteiger partial charge in [0.1, 0.15) is 0 Å². The standard InChI is InChI=1S/C4H6N2O3/c1-2(7)3(6-5)4(8)9/h3,5H,1H3,(H,8,9). The van der Waals surface area contributed by atoms with E-state index in [1.54, 1.807) is 0 Å². The zero-order valence-corrected chi connectivity index (χ0v) is 4.79. The van der Waals surface area contributed by atoms with Crippen LogP contribution in [0.4, 0.5) is 0 Å². The van der Waals surface area contributed by atoms with Crippen molar-refractivity contribution in [1.82, 2.24) is 0 Å². The summed E-state index contributed by atoms with van der Waals surface area (Å²) in [7, 11) is 0. The number of rotatable bonds is 3. The number of hydrogen-bond acceptors (Lipinski definition) is 4. The molecule has 0 rings (SSSR count). The van der Waals surface area contributed by atoms with Gasteiger partial charge in [-0.2, -0.15) is 5.11 Å². The third-order valence-corrected chi connectivity index (χ3v) is 0.748. The topological polar surface area (TPSA) is 90.6 Å². The van der Waals surface area contributed by atoms with Gasteiger partial charge in [0.2, 0.25) is 6.04 Å². The first-order valence-electron chi connectivity index (χ1n) is 2.19. The number of carbonyl (C=O) groups excluding carboxylic acids is 1. The second kappa shape index (κ2) is 2.91. The van der Waals surface area contributed by atoms with E-state index >= 15 is 0 Å². The third kappa shape index (κ3) is 1.98. The predicted molar refractivity (Wildman–Crippen MR) is 27.3 cm³/mol. The van der Waals surface area contributed by atoms with Crippen molar-refractivity contribution in [3.63, 3.8) is 0 Å². The highest BCUT2D eigenvalue weighted by Gasteiger charge is 2.20. The second-order valence-electron chi connectivity index (χ2n) is 1.48. The minimum absolute atomic E-state index is 0.627. The lowest BCUT2D eigenvalue weighted by molar-refractivity contribution is -0.141. The van der Waals surface area contributed by atoms with Gasteiger partial charge in [0, 0.05) is 0 Å². The van der Waals surface area contributed by atoms with Crippen LogP contribution in [0.2, 0.25) is 0 Å². The van der Waals surface area contributed by atoms with Gasteiger partial charge in [-0.3, -0.25) is 4.79 Å². The Hall–Kier alpha value is -1.26. The van der Waals surface area contributed by atoms with Gasteiger partial charge in [-0.05, 0) is 6.92 Å². The number of carboxylic acid groups (broad SMARTS) is 1. The van der Waals surface area contributed by atoms with E-state index in [0.29, 0.717) is 0 Å². The van der Waals surface area contributed by atoms with Gasteiger partial charge in [0.15, 0.2) is 5.78 Å². The number of ketones is 1. The van der Waals surface area contributed by atoms with Crippen molar-refractivity contribution >= 4 is 11.8 Å². The zero-order valence-electron chi connectivity index (χ0n) is 4.79. The van der Waals surface area contributed by atoms with Crippen LogP contribution in [0, 0.1) is 5.53 Å². The average molecular weight is 130 g/mol. The Morgan fingerprint density at radius 2 is 2.11 bits per heavy atom. The first-order chi connectivity index (χ1) is 4.09. The molecule has 1 unspecified atom stereocenters. The normalized spacial score (nSPS) is 12.1. The summed E-state index contributed by atoms with van der Waals surface area (Å²) in [5.74, 6) is -2.00. The van der Waals surface area contributed by atoms with Crippen molar-refractivity contribution in [2.24, 2.45) is 5.11 Å².